The van der Waals surface area contributed by atoms with Crippen molar-refractivity contribution < 1.29 is 73.5 Å². The highest BCUT2D eigenvalue weighted by molar-refractivity contribution is 7.80. The van der Waals surface area contributed by atoms with Crippen LogP contribution in [-0.2, 0) is 32.9 Å². The Labute approximate surface area is 272 Å². The standard InChI is InChI=1S/C24H38N5O16PS/c25-13-3-4-29(23(40)27-13)21-19(37)18(36)12(43-21)9-42-46(41)45-24(22(38)39)6-10(31)16(20(44-24)17(35)11(32)8-30)28-15(34)7-26-14(33)2-1-5-47/h3-4,10-12,16-21,30-32,35-37,41,47H,1-2,5-9H2,(H,26,33)(H,28,34)(H,38,39)(H2,25,27,40)/t10-,11?,12?,16-,17-,18?,19?,20?,21?,24-,46?/m1/s1. The number of carbonyl (C=O) groups is 3. The van der Waals surface area contributed by atoms with Gasteiger partial charge in [0.05, 0.1) is 31.9 Å². The molecular weight excluding hydrogens is 677 g/mol. The smallest absolute Gasteiger partial charge is 0.364 e. The second kappa shape index (κ2) is 17.2. The van der Waals surface area contributed by atoms with E-state index in [1.54, 1.807) is 0 Å². The number of aliphatic hydroxyl groups is 6. The molecule has 266 valence electrons. The van der Waals surface area contributed by atoms with Crippen molar-refractivity contribution in [3.63, 3.8) is 0 Å². The van der Waals surface area contributed by atoms with E-state index in [0.29, 0.717) is 12.2 Å². The predicted molar refractivity (Wildman–Crippen MR) is 158 cm³/mol. The zero-order valence-electron chi connectivity index (χ0n) is 24.5. The van der Waals surface area contributed by atoms with E-state index in [4.69, 9.17) is 24.3 Å². The summed E-state index contributed by atoms with van der Waals surface area (Å²) in [7, 11) is -3.26. The molecule has 2 fully saturated rings. The lowest BCUT2D eigenvalue weighted by Gasteiger charge is -2.46. The van der Waals surface area contributed by atoms with Gasteiger partial charge in [-0.3, -0.25) is 18.7 Å². The largest absolute Gasteiger partial charge is 0.477 e. The minimum absolute atomic E-state index is 0.0771. The van der Waals surface area contributed by atoms with Crippen molar-refractivity contribution in [1.82, 2.24) is 20.2 Å². The summed E-state index contributed by atoms with van der Waals surface area (Å²) in [5.74, 6) is -5.96. The SMILES string of the molecule is Nc1ccn(C2OC(COP(O)O[C@@]3(C(=O)O)C[C@@H](O)[C@@H](NC(=O)CNC(=O)CCCS)C([C@H](O)C(O)CO)O3)C(O)C2O)c(=O)n1. The molecule has 12 N–H and O–H groups in total. The Morgan fingerprint density at radius 2 is 1.94 bits per heavy atom. The van der Waals surface area contributed by atoms with E-state index in [1.807, 2.05) is 0 Å². The number of carboxylic acid groups (broad SMARTS) is 1. The fourth-order valence-electron chi connectivity index (χ4n) is 4.74. The van der Waals surface area contributed by atoms with Crippen LogP contribution in [0.5, 0.6) is 0 Å². The van der Waals surface area contributed by atoms with E-state index in [1.165, 1.54) is 6.07 Å². The van der Waals surface area contributed by atoms with Crippen LogP contribution in [0.25, 0.3) is 0 Å². The maximum absolute atomic E-state index is 12.5. The number of aliphatic hydroxyl groups excluding tert-OH is 6. The Kier molecular flexibility index (Phi) is 14.2. The maximum Gasteiger partial charge on any atom is 0.364 e. The summed E-state index contributed by atoms with van der Waals surface area (Å²) < 4.78 is 22.0. The summed E-state index contributed by atoms with van der Waals surface area (Å²) in [6.45, 7) is -2.37. The van der Waals surface area contributed by atoms with Gasteiger partial charge in [0, 0.05) is 19.0 Å². The third kappa shape index (κ3) is 9.75. The van der Waals surface area contributed by atoms with E-state index in [2.05, 4.69) is 28.2 Å². The number of nitrogens with zero attached hydrogens (tertiary/aromatic N) is 2. The summed E-state index contributed by atoms with van der Waals surface area (Å²) in [5.41, 5.74) is 4.54. The maximum atomic E-state index is 12.5. The number of ether oxygens (including phenoxy) is 2. The number of rotatable bonds is 16. The van der Waals surface area contributed by atoms with E-state index >= 15 is 0 Å². The molecule has 0 aromatic carbocycles. The number of amides is 2. The second-order valence-electron chi connectivity index (χ2n) is 10.6. The summed E-state index contributed by atoms with van der Waals surface area (Å²) in [5, 5.41) is 76.4. The van der Waals surface area contributed by atoms with Gasteiger partial charge in [-0.15, -0.1) is 0 Å². The van der Waals surface area contributed by atoms with E-state index in [-0.39, 0.29) is 12.2 Å². The van der Waals surface area contributed by atoms with Crippen LogP contribution in [0.4, 0.5) is 5.82 Å². The second-order valence-corrected chi connectivity index (χ2v) is 11.9. The first-order valence-electron chi connectivity index (χ1n) is 14.0. The minimum atomic E-state index is -3.26. The lowest BCUT2D eigenvalue weighted by atomic mass is 9.88. The Hall–Kier alpha value is -2.57. The summed E-state index contributed by atoms with van der Waals surface area (Å²) >= 11 is 3.99. The molecule has 1 aromatic heterocycles. The molecule has 3 rings (SSSR count). The average molecular weight is 716 g/mol. The van der Waals surface area contributed by atoms with Gasteiger partial charge in [-0.1, -0.05) is 0 Å². The lowest BCUT2D eigenvalue weighted by molar-refractivity contribution is -0.286. The first kappa shape index (κ1) is 38.9. The first-order chi connectivity index (χ1) is 22.1. The van der Waals surface area contributed by atoms with Gasteiger partial charge in [-0.05, 0) is 18.2 Å². The van der Waals surface area contributed by atoms with Crippen LogP contribution in [0, 0.1) is 0 Å². The number of hydrogen-bond donors (Lipinski definition) is 12. The molecule has 0 saturated carbocycles. The van der Waals surface area contributed by atoms with E-state index < -0.39 is 119 Å². The third-order valence-corrected chi connectivity index (χ3v) is 8.33. The number of aromatic nitrogens is 2. The summed E-state index contributed by atoms with van der Waals surface area (Å²) in [4.78, 5) is 62.9. The fraction of sp³-hybridized carbons (Fsp3) is 0.708. The number of carbonyl (C=O) groups excluding carboxylic acids is 2. The monoisotopic (exact) mass is 715 g/mol. The summed E-state index contributed by atoms with van der Waals surface area (Å²) in [6, 6.07) is -0.385. The summed E-state index contributed by atoms with van der Waals surface area (Å²) in [6.07, 6.45) is -13.5. The zero-order valence-corrected chi connectivity index (χ0v) is 26.3. The number of aliphatic carboxylic acids is 1. The van der Waals surface area contributed by atoms with Gasteiger partial charge in [0.25, 0.3) is 5.79 Å². The van der Waals surface area contributed by atoms with Crippen molar-refractivity contribution in [3.05, 3.63) is 22.7 Å². The van der Waals surface area contributed by atoms with Crippen LogP contribution >= 0.6 is 21.2 Å². The molecule has 11 atom stereocenters. The molecule has 0 bridgehead atoms. The van der Waals surface area contributed by atoms with E-state index in [9.17, 15) is 59.8 Å². The van der Waals surface area contributed by atoms with Gasteiger partial charge in [-0.25, -0.2) is 9.59 Å². The Balaban J connectivity index is 1.71. The first-order valence-corrected chi connectivity index (χ1v) is 15.8. The molecule has 2 aliphatic rings. The molecule has 0 aliphatic carbocycles. The highest BCUT2D eigenvalue weighted by Crippen LogP contribution is 2.45. The van der Waals surface area contributed by atoms with Gasteiger partial charge in [0.15, 0.2) is 6.23 Å². The number of hydrogen-bond acceptors (Lipinski definition) is 18. The van der Waals surface area contributed by atoms with Crippen molar-refractivity contribution in [2.45, 2.75) is 80.0 Å². The lowest BCUT2D eigenvalue weighted by Crippen LogP contribution is -2.68. The topological polar surface area (TPSA) is 335 Å². The fourth-order valence-corrected chi connectivity index (χ4v) is 5.67. The average Bonchev–Trinajstić information content (AvgIpc) is 3.30. The molecule has 2 saturated heterocycles. The molecular formula is C24H38N5O16PS. The highest BCUT2D eigenvalue weighted by Gasteiger charge is 2.57. The van der Waals surface area contributed by atoms with Crippen LogP contribution in [0.1, 0.15) is 25.5 Å². The van der Waals surface area contributed by atoms with Crippen LogP contribution in [0.3, 0.4) is 0 Å². The van der Waals surface area contributed by atoms with Gasteiger partial charge in [0.1, 0.15) is 42.4 Å². The third-order valence-electron chi connectivity index (χ3n) is 7.19. The molecule has 1 aromatic rings. The van der Waals surface area contributed by atoms with E-state index in [0.717, 1.165) is 10.8 Å². The molecule has 3 heterocycles. The Morgan fingerprint density at radius 3 is 2.55 bits per heavy atom. The number of nitrogens with one attached hydrogen (secondary N) is 2. The molecule has 23 heteroatoms. The van der Waals surface area contributed by atoms with Crippen LogP contribution in [-0.4, -0.2) is 148 Å². The number of thiol groups is 1. The molecule has 47 heavy (non-hydrogen) atoms. The predicted octanol–water partition coefficient (Wildman–Crippen LogP) is -5.35. The number of nitrogens with two attached hydrogens (primary N) is 1. The van der Waals surface area contributed by atoms with Gasteiger partial charge in [-0.2, -0.15) is 17.6 Å². The number of anilines is 1. The molecule has 21 nitrogen and oxygen atoms in total. The molecule has 0 spiro atoms. The molecule has 7 unspecified atom stereocenters. The highest BCUT2D eigenvalue weighted by atomic mass is 32.1. The van der Waals surface area contributed by atoms with Crippen molar-refractivity contribution in [2.75, 3.05) is 31.2 Å². The molecule has 2 aliphatic heterocycles. The van der Waals surface area contributed by atoms with Crippen molar-refractivity contribution in [3.8, 4) is 0 Å². The normalized spacial score (nSPS) is 31.1. The molecule has 2 amide bonds. The van der Waals surface area contributed by atoms with Crippen LogP contribution in [0.2, 0.25) is 0 Å². The molecule has 0 radical (unpaired) electrons. The zero-order chi connectivity index (χ0) is 35.1. The van der Waals surface area contributed by atoms with Gasteiger partial charge < -0.3 is 71.0 Å². The van der Waals surface area contributed by atoms with Crippen molar-refractivity contribution in [1.29, 1.82) is 0 Å². The van der Waals surface area contributed by atoms with Crippen molar-refractivity contribution >= 4 is 44.8 Å². The quantitative estimate of drug-likeness (QED) is 0.0561. The van der Waals surface area contributed by atoms with Crippen LogP contribution in [0.15, 0.2) is 17.1 Å². The Bertz CT molecular complexity index is 1300. The minimum Gasteiger partial charge on any atom is -0.477 e. The van der Waals surface area contributed by atoms with Gasteiger partial charge >= 0.3 is 20.3 Å². The van der Waals surface area contributed by atoms with Crippen molar-refractivity contribution in [2.24, 2.45) is 0 Å². The Morgan fingerprint density at radius 1 is 1.23 bits per heavy atom. The van der Waals surface area contributed by atoms with Crippen LogP contribution < -0.4 is 22.1 Å². The van der Waals surface area contributed by atoms with Gasteiger partial charge in [0.2, 0.25) is 11.8 Å². The number of nitrogen functional groups attached to an aromatic ring is 1. The number of carboxylic acids is 1.